The first-order valence-corrected chi connectivity index (χ1v) is 11.1. The normalized spacial score (nSPS) is 11.5. The Kier molecular flexibility index (Phi) is 6.89. The van der Waals surface area contributed by atoms with Crippen molar-refractivity contribution in [2.24, 2.45) is 0 Å². The maximum atomic E-state index is 12.8. The van der Waals surface area contributed by atoms with Crippen LogP contribution < -0.4 is 10.6 Å². The van der Waals surface area contributed by atoms with Crippen molar-refractivity contribution in [2.45, 2.75) is 12.5 Å². The lowest BCUT2D eigenvalue weighted by Crippen LogP contribution is -2.31. The minimum absolute atomic E-state index is 0.0282. The standard InChI is InChI=1S/C24H19ClN4O2S/c25-19-14-8-7-13-18(19)22(31)26-20(16-9-3-1-4-10-16)15-21(30)27-24-29-28-23(32-24)17-11-5-2-6-12-17/h1-14,20H,15H2,(H,26,31)(H,27,29,30). The average molecular weight is 463 g/mol. The lowest BCUT2D eigenvalue weighted by atomic mass is 10.0. The highest BCUT2D eigenvalue weighted by Gasteiger charge is 2.21. The molecular formula is C24H19ClN4O2S. The quantitative estimate of drug-likeness (QED) is 0.387. The zero-order chi connectivity index (χ0) is 22.3. The van der Waals surface area contributed by atoms with Gasteiger partial charge in [0.1, 0.15) is 5.01 Å². The van der Waals surface area contributed by atoms with Gasteiger partial charge in [-0.3, -0.25) is 9.59 Å². The monoisotopic (exact) mass is 462 g/mol. The van der Waals surface area contributed by atoms with Crippen molar-refractivity contribution >= 4 is 39.9 Å². The van der Waals surface area contributed by atoms with Crippen LogP contribution in [0.3, 0.4) is 0 Å². The molecular weight excluding hydrogens is 444 g/mol. The van der Waals surface area contributed by atoms with Crippen LogP contribution in [0.2, 0.25) is 5.02 Å². The molecule has 3 aromatic carbocycles. The Balaban J connectivity index is 1.48. The fraction of sp³-hybridized carbons (Fsp3) is 0.0833. The Morgan fingerprint density at radius 3 is 2.25 bits per heavy atom. The largest absolute Gasteiger partial charge is 0.345 e. The summed E-state index contributed by atoms with van der Waals surface area (Å²) in [4.78, 5) is 25.6. The van der Waals surface area contributed by atoms with Crippen molar-refractivity contribution < 1.29 is 9.59 Å². The van der Waals surface area contributed by atoms with Crippen LogP contribution in [-0.4, -0.2) is 22.0 Å². The maximum absolute atomic E-state index is 12.8. The molecule has 0 bridgehead atoms. The van der Waals surface area contributed by atoms with Crippen LogP contribution in [0.4, 0.5) is 5.13 Å². The van der Waals surface area contributed by atoms with E-state index < -0.39 is 6.04 Å². The molecule has 1 aromatic heterocycles. The number of hydrogen-bond acceptors (Lipinski definition) is 5. The number of anilines is 1. The molecule has 1 heterocycles. The summed E-state index contributed by atoms with van der Waals surface area (Å²) in [5.74, 6) is -0.631. The molecule has 0 aliphatic carbocycles. The van der Waals surface area contributed by atoms with Gasteiger partial charge in [0.2, 0.25) is 11.0 Å². The van der Waals surface area contributed by atoms with E-state index >= 15 is 0 Å². The summed E-state index contributed by atoms with van der Waals surface area (Å²) in [6.07, 6.45) is 0.0282. The number of aromatic nitrogens is 2. The lowest BCUT2D eigenvalue weighted by molar-refractivity contribution is -0.116. The molecule has 0 fully saturated rings. The number of rotatable bonds is 7. The third-order valence-corrected chi connectivity index (χ3v) is 5.92. The fourth-order valence-electron chi connectivity index (χ4n) is 3.15. The Hall–Kier alpha value is -3.55. The number of amides is 2. The average Bonchev–Trinajstić information content (AvgIpc) is 3.28. The maximum Gasteiger partial charge on any atom is 0.253 e. The molecule has 4 rings (SSSR count). The van der Waals surface area contributed by atoms with Crippen molar-refractivity contribution in [1.82, 2.24) is 15.5 Å². The van der Waals surface area contributed by atoms with E-state index in [-0.39, 0.29) is 18.2 Å². The highest BCUT2D eigenvalue weighted by atomic mass is 35.5. The van der Waals surface area contributed by atoms with Crippen molar-refractivity contribution in [3.63, 3.8) is 0 Å². The van der Waals surface area contributed by atoms with Gasteiger partial charge >= 0.3 is 0 Å². The van der Waals surface area contributed by atoms with Gasteiger partial charge in [-0.25, -0.2) is 0 Å². The fourth-order valence-corrected chi connectivity index (χ4v) is 4.13. The predicted molar refractivity (Wildman–Crippen MR) is 127 cm³/mol. The van der Waals surface area contributed by atoms with Crippen molar-refractivity contribution in [2.75, 3.05) is 5.32 Å². The van der Waals surface area contributed by atoms with Crippen LogP contribution in [0.15, 0.2) is 84.9 Å². The van der Waals surface area contributed by atoms with Gasteiger partial charge < -0.3 is 10.6 Å². The van der Waals surface area contributed by atoms with Crippen molar-refractivity contribution in [3.05, 3.63) is 101 Å². The minimum Gasteiger partial charge on any atom is -0.345 e. The Morgan fingerprint density at radius 1 is 0.875 bits per heavy atom. The lowest BCUT2D eigenvalue weighted by Gasteiger charge is -2.19. The van der Waals surface area contributed by atoms with E-state index in [9.17, 15) is 9.59 Å². The first-order chi connectivity index (χ1) is 15.6. The van der Waals surface area contributed by atoms with Crippen LogP contribution in [-0.2, 0) is 4.79 Å². The van der Waals surface area contributed by atoms with Crippen molar-refractivity contribution in [1.29, 1.82) is 0 Å². The van der Waals surface area contributed by atoms with E-state index in [1.807, 2.05) is 60.7 Å². The van der Waals surface area contributed by atoms with Crippen LogP contribution in [0.25, 0.3) is 10.6 Å². The number of hydrogen-bond donors (Lipinski definition) is 2. The highest BCUT2D eigenvalue weighted by molar-refractivity contribution is 7.18. The molecule has 2 N–H and O–H groups in total. The molecule has 4 aromatic rings. The smallest absolute Gasteiger partial charge is 0.253 e. The van der Waals surface area contributed by atoms with E-state index in [0.29, 0.717) is 20.7 Å². The molecule has 0 spiro atoms. The second-order valence-corrected chi connectivity index (χ2v) is 8.33. The van der Waals surface area contributed by atoms with Gasteiger partial charge in [0.05, 0.1) is 23.0 Å². The van der Waals surface area contributed by atoms with Gasteiger partial charge in [-0.2, -0.15) is 0 Å². The molecule has 6 nitrogen and oxygen atoms in total. The predicted octanol–water partition coefficient (Wildman–Crippen LogP) is 5.36. The zero-order valence-electron chi connectivity index (χ0n) is 16.9. The number of carbonyl (C=O) groups excluding carboxylic acids is 2. The van der Waals surface area contributed by atoms with E-state index in [0.717, 1.165) is 11.1 Å². The van der Waals surface area contributed by atoms with Gasteiger partial charge in [-0.1, -0.05) is 95.7 Å². The molecule has 160 valence electrons. The number of nitrogens with one attached hydrogen (secondary N) is 2. The molecule has 0 saturated carbocycles. The Labute approximate surface area is 194 Å². The Bertz CT molecular complexity index is 1210. The van der Waals surface area contributed by atoms with E-state index in [1.54, 1.807) is 24.3 Å². The van der Waals surface area contributed by atoms with Crippen LogP contribution in [0.5, 0.6) is 0 Å². The van der Waals surface area contributed by atoms with Gasteiger partial charge in [-0.05, 0) is 17.7 Å². The van der Waals surface area contributed by atoms with E-state index in [4.69, 9.17) is 11.6 Å². The van der Waals surface area contributed by atoms with Gasteiger partial charge in [0, 0.05) is 5.56 Å². The summed E-state index contributed by atoms with van der Waals surface area (Å²) < 4.78 is 0. The molecule has 1 atom stereocenters. The summed E-state index contributed by atoms with van der Waals surface area (Å²) in [5.41, 5.74) is 2.09. The summed E-state index contributed by atoms with van der Waals surface area (Å²) >= 11 is 7.45. The highest BCUT2D eigenvalue weighted by Crippen LogP contribution is 2.27. The number of halogens is 1. The number of benzene rings is 3. The van der Waals surface area contributed by atoms with Gasteiger partial charge in [-0.15, -0.1) is 10.2 Å². The molecule has 0 saturated heterocycles. The first-order valence-electron chi connectivity index (χ1n) is 9.89. The third kappa shape index (κ3) is 5.38. The molecule has 0 radical (unpaired) electrons. The van der Waals surface area contributed by atoms with Crippen LogP contribution in [0, 0.1) is 0 Å². The zero-order valence-corrected chi connectivity index (χ0v) is 18.4. The Morgan fingerprint density at radius 2 is 1.53 bits per heavy atom. The van der Waals surface area contributed by atoms with Crippen LogP contribution in [0.1, 0.15) is 28.4 Å². The minimum atomic E-state index is -0.540. The SMILES string of the molecule is O=C(CC(NC(=O)c1ccccc1Cl)c1ccccc1)Nc1nnc(-c2ccccc2)s1. The van der Waals surface area contributed by atoms with Gasteiger partial charge in [0.25, 0.3) is 5.91 Å². The van der Waals surface area contributed by atoms with Gasteiger partial charge in [0.15, 0.2) is 0 Å². The first kappa shape index (κ1) is 21.7. The summed E-state index contributed by atoms with van der Waals surface area (Å²) in [6.45, 7) is 0. The second kappa shape index (κ2) is 10.2. The second-order valence-electron chi connectivity index (χ2n) is 6.95. The molecule has 32 heavy (non-hydrogen) atoms. The molecule has 0 aliphatic rings. The number of nitrogens with zero attached hydrogens (tertiary/aromatic N) is 2. The topological polar surface area (TPSA) is 84.0 Å². The molecule has 2 amide bonds. The number of carbonyl (C=O) groups is 2. The summed E-state index contributed by atoms with van der Waals surface area (Å²) in [5, 5.41) is 15.4. The van der Waals surface area contributed by atoms with Crippen molar-refractivity contribution in [3.8, 4) is 10.6 Å². The third-order valence-electron chi connectivity index (χ3n) is 4.71. The molecule has 0 aliphatic heterocycles. The van der Waals surface area contributed by atoms with Crippen LogP contribution >= 0.6 is 22.9 Å². The molecule has 8 heteroatoms. The summed E-state index contributed by atoms with van der Waals surface area (Å²) in [6, 6.07) is 25.2. The van der Waals surface area contributed by atoms with E-state index in [1.165, 1.54) is 11.3 Å². The van der Waals surface area contributed by atoms with E-state index in [2.05, 4.69) is 20.8 Å². The molecule has 1 unspecified atom stereocenters. The summed E-state index contributed by atoms with van der Waals surface area (Å²) in [7, 11) is 0.